The Balaban J connectivity index is 0.00000144. The van der Waals surface area contributed by atoms with Crippen molar-refractivity contribution in [3.05, 3.63) is 23.8 Å². The summed E-state index contributed by atoms with van der Waals surface area (Å²) in [4.78, 5) is 13.6. The molecule has 0 bridgehead atoms. The fourth-order valence-corrected chi connectivity index (χ4v) is 1.98. The highest BCUT2D eigenvalue weighted by molar-refractivity contribution is 5.98. The average Bonchev–Trinajstić information content (AvgIpc) is 2.70. The Morgan fingerprint density at radius 2 is 2.24 bits per heavy atom. The third kappa shape index (κ3) is 2.53. The van der Waals surface area contributed by atoms with Crippen LogP contribution in [0.15, 0.2) is 18.2 Å². The monoisotopic (exact) mass is 256 g/mol. The van der Waals surface area contributed by atoms with Gasteiger partial charge in [-0.1, -0.05) is 0 Å². The van der Waals surface area contributed by atoms with Gasteiger partial charge >= 0.3 is 0 Å². The van der Waals surface area contributed by atoms with E-state index in [9.17, 15) is 4.79 Å². The Labute approximate surface area is 107 Å². The number of nitrogens with zero attached hydrogens (tertiary/aromatic N) is 1. The minimum absolute atomic E-state index is 0. The molecule has 94 valence electrons. The Morgan fingerprint density at radius 3 is 2.82 bits per heavy atom. The van der Waals surface area contributed by atoms with Crippen LogP contribution in [0.2, 0.25) is 0 Å². The van der Waals surface area contributed by atoms with Crippen LogP contribution >= 0.6 is 12.4 Å². The molecule has 2 N–H and O–H groups in total. The number of fused-ring (bicyclic) bond motifs is 1. The molecule has 0 saturated heterocycles. The number of ether oxygens (including phenoxy) is 1. The molecule has 1 aromatic rings. The van der Waals surface area contributed by atoms with Crippen molar-refractivity contribution >= 4 is 24.0 Å². The van der Waals surface area contributed by atoms with Crippen molar-refractivity contribution in [2.45, 2.75) is 19.4 Å². The van der Waals surface area contributed by atoms with Crippen LogP contribution in [0.5, 0.6) is 5.75 Å². The van der Waals surface area contributed by atoms with Gasteiger partial charge in [0.15, 0.2) is 0 Å². The van der Waals surface area contributed by atoms with Gasteiger partial charge in [0, 0.05) is 12.2 Å². The van der Waals surface area contributed by atoms with Gasteiger partial charge in [0.05, 0.1) is 13.2 Å². The van der Waals surface area contributed by atoms with E-state index < -0.39 is 6.04 Å². The van der Waals surface area contributed by atoms with Crippen LogP contribution in [0.1, 0.15) is 12.5 Å². The molecule has 0 aliphatic carbocycles. The van der Waals surface area contributed by atoms with Crippen LogP contribution in [0.25, 0.3) is 0 Å². The maximum absolute atomic E-state index is 11.8. The first-order valence-corrected chi connectivity index (χ1v) is 5.37. The zero-order valence-electron chi connectivity index (χ0n) is 9.97. The van der Waals surface area contributed by atoms with E-state index in [1.165, 1.54) is 0 Å². The van der Waals surface area contributed by atoms with E-state index in [4.69, 9.17) is 10.5 Å². The Kier molecular flexibility index (Phi) is 4.37. The lowest BCUT2D eigenvalue weighted by Crippen LogP contribution is -2.41. The maximum atomic E-state index is 11.8. The molecular weight excluding hydrogens is 240 g/mol. The summed E-state index contributed by atoms with van der Waals surface area (Å²) in [7, 11) is 1.64. The summed E-state index contributed by atoms with van der Waals surface area (Å²) < 4.78 is 5.15. The topological polar surface area (TPSA) is 55.6 Å². The molecule has 4 nitrogen and oxygen atoms in total. The predicted molar refractivity (Wildman–Crippen MR) is 69.9 cm³/mol. The number of methoxy groups -OCH3 is 1. The molecule has 0 fully saturated rings. The zero-order chi connectivity index (χ0) is 11.7. The molecule has 1 unspecified atom stereocenters. The van der Waals surface area contributed by atoms with E-state index in [1.807, 2.05) is 18.2 Å². The molecule has 17 heavy (non-hydrogen) atoms. The van der Waals surface area contributed by atoms with Crippen LogP contribution in [0, 0.1) is 0 Å². The molecule has 0 saturated carbocycles. The van der Waals surface area contributed by atoms with E-state index in [0.29, 0.717) is 6.54 Å². The minimum Gasteiger partial charge on any atom is -0.497 e. The summed E-state index contributed by atoms with van der Waals surface area (Å²) in [6, 6.07) is 5.31. The quantitative estimate of drug-likeness (QED) is 0.869. The van der Waals surface area contributed by atoms with Crippen LogP contribution in [0.4, 0.5) is 5.69 Å². The number of anilines is 1. The standard InChI is InChI=1S/C12H16N2O2.ClH/c1-8(13)12(15)14-6-5-9-7-10(16-2)3-4-11(9)14;/h3-4,7-8H,5-6,13H2,1-2H3;1H. The number of carbonyl (C=O) groups is 1. The van der Waals surface area contributed by atoms with Crippen molar-refractivity contribution in [3.8, 4) is 5.75 Å². The molecule has 1 aliphatic rings. The number of hydrogen-bond acceptors (Lipinski definition) is 3. The highest BCUT2D eigenvalue weighted by atomic mass is 35.5. The van der Waals surface area contributed by atoms with Gasteiger partial charge in [0.2, 0.25) is 5.91 Å². The van der Waals surface area contributed by atoms with Crippen molar-refractivity contribution < 1.29 is 9.53 Å². The molecule has 0 spiro atoms. The molecule has 1 aliphatic heterocycles. The molecule has 0 aromatic heterocycles. The minimum atomic E-state index is -0.451. The third-order valence-electron chi connectivity index (χ3n) is 2.84. The van der Waals surface area contributed by atoms with Gasteiger partial charge in [0.1, 0.15) is 5.75 Å². The summed E-state index contributed by atoms with van der Waals surface area (Å²) >= 11 is 0. The van der Waals surface area contributed by atoms with Gasteiger partial charge in [-0.15, -0.1) is 12.4 Å². The summed E-state index contributed by atoms with van der Waals surface area (Å²) in [6.07, 6.45) is 0.866. The second-order valence-electron chi connectivity index (χ2n) is 4.02. The number of halogens is 1. The fourth-order valence-electron chi connectivity index (χ4n) is 1.98. The molecule has 1 atom stereocenters. The van der Waals surface area contributed by atoms with Crippen LogP contribution in [-0.4, -0.2) is 25.6 Å². The van der Waals surface area contributed by atoms with Crippen molar-refractivity contribution in [3.63, 3.8) is 0 Å². The number of carbonyl (C=O) groups excluding carboxylic acids is 1. The first-order valence-electron chi connectivity index (χ1n) is 5.37. The van der Waals surface area contributed by atoms with Gasteiger partial charge in [-0.2, -0.15) is 0 Å². The maximum Gasteiger partial charge on any atom is 0.243 e. The lowest BCUT2D eigenvalue weighted by Gasteiger charge is -2.19. The van der Waals surface area contributed by atoms with Gasteiger partial charge < -0.3 is 15.4 Å². The van der Waals surface area contributed by atoms with E-state index in [2.05, 4.69) is 0 Å². The number of hydrogen-bond donors (Lipinski definition) is 1. The fraction of sp³-hybridized carbons (Fsp3) is 0.417. The van der Waals surface area contributed by atoms with Crippen molar-refractivity contribution in [1.29, 1.82) is 0 Å². The third-order valence-corrected chi connectivity index (χ3v) is 2.84. The van der Waals surface area contributed by atoms with E-state index >= 15 is 0 Å². The first-order chi connectivity index (χ1) is 7.63. The van der Waals surface area contributed by atoms with E-state index in [-0.39, 0.29) is 18.3 Å². The largest absolute Gasteiger partial charge is 0.497 e. The predicted octanol–water partition coefficient (Wildman–Crippen LogP) is 1.35. The SMILES string of the molecule is COc1ccc2c(c1)CCN2C(=O)C(C)N.Cl. The van der Waals surface area contributed by atoms with Gasteiger partial charge in [-0.3, -0.25) is 4.79 Å². The van der Waals surface area contributed by atoms with Crippen LogP contribution < -0.4 is 15.4 Å². The van der Waals surface area contributed by atoms with Crippen molar-refractivity contribution in [2.24, 2.45) is 5.73 Å². The lowest BCUT2D eigenvalue weighted by molar-refractivity contribution is -0.119. The zero-order valence-corrected chi connectivity index (χ0v) is 10.8. The Morgan fingerprint density at radius 1 is 1.53 bits per heavy atom. The van der Waals surface area contributed by atoms with E-state index in [1.54, 1.807) is 18.9 Å². The normalized spacial score (nSPS) is 14.9. The molecule has 1 amide bonds. The summed E-state index contributed by atoms with van der Waals surface area (Å²) in [5.74, 6) is 0.803. The summed E-state index contributed by atoms with van der Waals surface area (Å²) in [5.41, 5.74) is 7.72. The highest BCUT2D eigenvalue weighted by Gasteiger charge is 2.26. The van der Waals surface area contributed by atoms with Crippen LogP contribution in [-0.2, 0) is 11.2 Å². The number of benzene rings is 1. The number of rotatable bonds is 2. The second-order valence-corrected chi connectivity index (χ2v) is 4.02. The molecule has 5 heteroatoms. The summed E-state index contributed by atoms with van der Waals surface area (Å²) in [5, 5.41) is 0. The van der Waals surface area contributed by atoms with E-state index in [0.717, 1.165) is 23.4 Å². The number of amides is 1. The lowest BCUT2D eigenvalue weighted by atomic mass is 10.1. The Hall–Kier alpha value is -1.26. The average molecular weight is 257 g/mol. The molecule has 1 heterocycles. The van der Waals surface area contributed by atoms with Crippen molar-refractivity contribution in [2.75, 3.05) is 18.6 Å². The number of nitrogens with two attached hydrogens (primary N) is 1. The second kappa shape index (κ2) is 5.38. The molecule has 1 aromatic carbocycles. The van der Waals surface area contributed by atoms with Gasteiger partial charge in [-0.25, -0.2) is 0 Å². The highest BCUT2D eigenvalue weighted by Crippen LogP contribution is 2.31. The summed E-state index contributed by atoms with van der Waals surface area (Å²) in [6.45, 7) is 2.42. The first kappa shape index (κ1) is 13.8. The molecule has 2 rings (SSSR count). The van der Waals surface area contributed by atoms with Crippen LogP contribution in [0.3, 0.4) is 0 Å². The smallest absolute Gasteiger partial charge is 0.243 e. The molecular formula is C12H17ClN2O2. The Bertz CT molecular complexity index is 421. The van der Waals surface area contributed by atoms with Gasteiger partial charge in [0.25, 0.3) is 0 Å². The molecule has 0 radical (unpaired) electrons. The van der Waals surface area contributed by atoms with Crippen molar-refractivity contribution in [1.82, 2.24) is 0 Å². The van der Waals surface area contributed by atoms with Gasteiger partial charge in [-0.05, 0) is 37.1 Å².